The second-order valence-electron chi connectivity index (χ2n) is 6.05. The van der Waals surface area contributed by atoms with Crippen molar-refractivity contribution in [3.05, 3.63) is 30.0 Å². The van der Waals surface area contributed by atoms with E-state index < -0.39 is 6.10 Å². The number of carbonyl (C=O) groups excluding carboxylic acids is 1. The lowest BCUT2D eigenvalue weighted by Gasteiger charge is -2.23. The number of rotatable bonds is 4. The van der Waals surface area contributed by atoms with Gasteiger partial charge in [0.15, 0.2) is 17.4 Å². The summed E-state index contributed by atoms with van der Waals surface area (Å²) in [6, 6.07) is 7.81. The summed E-state index contributed by atoms with van der Waals surface area (Å²) in [6.07, 6.45) is 4.84. The molecule has 1 unspecified atom stereocenters. The van der Waals surface area contributed by atoms with Crippen LogP contribution in [0.2, 0.25) is 0 Å². The van der Waals surface area contributed by atoms with Crippen LogP contribution >= 0.6 is 0 Å². The first-order valence-corrected chi connectivity index (χ1v) is 8.21. The third-order valence-electron chi connectivity index (χ3n) is 4.36. The number of methoxy groups -OCH3 is 1. The van der Waals surface area contributed by atoms with Crippen molar-refractivity contribution in [2.24, 2.45) is 0 Å². The Morgan fingerprint density at radius 1 is 1.30 bits per heavy atom. The predicted molar refractivity (Wildman–Crippen MR) is 87.7 cm³/mol. The molecule has 5 heteroatoms. The molecule has 23 heavy (non-hydrogen) atoms. The van der Waals surface area contributed by atoms with Gasteiger partial charge >= 0.3 is 6.09 Å². The minimum atomic E-state index is -0.448. The minimum Gasteiger partial charge on any atom is -0.493 e. The monoisotopic (exact) mass is 317 g/mol. The van der Waals surface area contributed by atoms with Crippen LogP contribution in [0.25, 0.3) is 11.0 Å². The first-order chi connectivity index (χ1) is 11.2. The van der Waals surface area contributed by atoms with Crippen molar-refractivity contribution in [1.29, 1.82) is 0 Å². The van der Waals surface area contributed by atoms with Gasteiger partial charge in [0, 0.05) is 11.4 Å². The second kappa shape index (κ2) is 6.94. The summed E-state index contributed by atoms with van der Waals surface area (Å²) in [7, 11) is 1.61. The molecule has 1 aliphatic carbocycles. The Balaban J connectivity index is 1.65. The van der Waals surface area contributed by atoms with Crippen molar-refractivity contribution in [2.45, 2.75) is 51.2 Å². The number of nitrogens with one attached hydrogen (secondary N) is 1. The van der Waals surface area contributed by atoms with Crippen LogP contribution in [0.3, 0.4) is 0 Å². The number of furan rings is 1. The normalized spacial score (nSPS) is 17.0. The van der Waals surface area contributed by atoms with Crippen LogP contribution in [-0.4, -0.2) is 19.2 Å². The predicted octanol–water partition coefficient (Wildman–Crippen LogP) is 4.56. The zero-order valence-corrected chi connectivity index (χ0v) is 13.6. The fourth-order valence-corrected chi connectivity index (χ4v) is 3.08. The van der Waals surface area contributed by atoms with E-state index in [0.29, 0.717) is 17.1 Å². The fraction of sp³-hybridized carbons (Fsp3) is 0.500. The number of fused-ring (bicyclic) bond motifs is 1. The van der Waals surface area contributed by atoms with Gasteiger partial charge in [-0.3, -0.25) is 0 Å². The van der Waals surface area contributed by atoms with Gasteiger partial charge in [0.2, 0.25) is 0 Å². The number of para-hydroxylation sites is 1. The van der Waals surface area contributed by atoms with Crippen LogP contribution in [0.15, 0.2) is 28.7 Å². The molecule has 0 bridgehead atoms. The molecule has 0 radical (unpaired) electrons. The number of ether oxygens (including phenoxy) is 2. The molecular weight excluding hydrogens is 294 g/mol. The maximum Gasteiger partial charge on any atom is 0.408 e. The van der Waals surface area contributed by atoms with Gasteiger partial charge in [-0.15, -0.1) is 0 Å². The average molecular weight is 317 g/mol. The molecule has 2 aromatic rings. The van der Waals surface area contributed by atoms with Crippen molar-refractivity contribution in [1.82, 2.24) is 5.32 Å². The van der Waals surface area contributed by atoms with Crippen LogP contribution in [0.1, 0.15) is 50.9 Å². The van der Waals surface area contributed by atoms with Crippen molar-refractivity contribution >= 4 is 17.1 Å². The van der Waals surface area contributed by atoms with Crippen molar-refractivity contribution < 1.29 is 18.7 Å². The van der Waals surface area contributed by atoms with E-state index in [2.05, 4.69) is 5.32 Å². The van der Waals surface area contributed by atoms with Crippen LogP contribution in [-0.2, 0) is 4.74 Å². The van der Waals surface area contributed by atoms with E-state index in [1.165, 1.54) is 19.3 Å². The molecule has 1 aromatic heterocycles. The number of carbonyl (C=O) groups is 1. The third kappa shape index (κ3) is 3.60. The Bertz CT molecular complexity index is 673. The van der Waals surface area contributed by atoms with Crippen LogP contribution in [0.4, 0.5) is 4.79 Å². The zero-order chi connectivity index (χ0) is 16.2. The Morgan fingerprint density at radius 2 is 2.09 bits per heavy atom. The molecule has 1 N–H and O–H groups in total. The lowest BCUT2D eigenvalue weighted by molar-refractivity contribution is 0.0911. The summed E-state index contributed by atoms with van der Waals surface area (Å²) < 4.78 is 16.6. The quantitative estimate of drug-likeness (QED) is 0.898. The molecule has 1 amide bonds. The van der Waals surface area contributed by atoms with Gasteiger partial charge in [-0.05, 0) is 31.9 Å². The Kier molecular flexibility index (Phi) is 4.74. The van der Waals surface area contributed by atoms with Crippen LogP contribution < -0.4 is 10.1 Å². The lowest BCUT2D eigenvalue weighted by atomic mass is 9.96. The smallest absolute Gasteiger partial charge is 0.408 e. The van der Waals surface area contributed by atoms with Crippen LogP contribution in [0.5, 0.6) is 5.75 Å². The molecule has 0 saturated heterocycles. The largest absolute Gasteiger partial charge is 0.493 e. The SMILES string of the molecule is COc1cccc2cc(C(C)OC(=O)NC3CCCCC3)oc12. The van der Waals surface area contributed by atoms with E-state index in [1.807, 2.05) is 31.2 Å². The molecule has 0 aliphatic heterocycles. The number of amides is 1. The highest BCUT2D eigenvalue weighted by molar-refractivity contribution is 5.83. The Morgan fingerprint density at radius 3 is 2.83 bits per heavy atom. The van der Waals surface area contributed by atoms with Gasteiger partial charge in [0.1, 0.15) is 5.76 Å². The molecule has 3 rings (SSSR count). The molecular formula is C18H23NO4. The first-order valence-electron chi connectivity index (χ1n) is 8.21. The van der Waals surface area contributed by atoms with E-state index in [-0.39, 0.29) is 12.1 Å². The highest BCUT2D eigenvalue weighted by Gasteiger charge is 2.21. The van der Waals surface area contributed by atoms with E-state index in [9.17, 15) is 4.79 Å². The molecule has 124 valence electrons. The summed E-state index contributed by atoms with van der Waals surface area (Å²) in [5.74, 6) is 1.29. The van der Waals surface area contributed by atoms with E-state index in [4.69, 9.17) is 13.9 Å². The van der Waals surface area contributed by atoms with Crippen LogP contribution in [0, 0.1) is 0 Å². The molecule has 0 spiro atoms. The Hall–Kier alpha value is -2.17. The zero-order valence-electron chi connectivity index (χ0n) is 13.6. The maximum atomic E-state index is 12.0. The highest BCUT2D eigenvalue weighted by Crippen LogP contribution is 2.32. The molecule has 1 atom stereocenters. The van der Waals surface area contributed by atoms with Crippen molar-refractivity contribution in [3.8, 4) is 5.75 Å². The molecule has 1 saturated carbocycles. The fourth-order valence-electron chi connectivity index (χ4n) is 3.08. The van der Waals surface area contributed by atoms with Gasteiger partial charge in [-0.25, -0.2) is 4.79 Å². The number of benzene rings is 1. The van der Waals surface area contributed by atoms with Gasteiger partial charge in [-0.1, -0.05) is 31.4 Å². The topological polar surface area (TPSA) is 60.7 Å². The Labute approximate surface area is 135 Å². The molecule has 1 aromatic carbocycles. The first kappa shape index (κ1) is 15.7. The summed E-state index contributed by atoms with van der Waals surface area (Å²) in [5, 5.41) is 3.88. The van der Waals surface area contributed by atoms with Gasteiger partial charge in [0.25, 0.3) is 0 Å². The summed E-state index contributed by atoms with van der Waals surface area (Å²) >= 11 is 0. The standard InChI is InChI=1S/C18H23NO4/c1-12(22-18(20)19-14-8-4-3-5-9-14)16-11-13-7-6-10-15(21-2)17(13)23-16/h6-7,10-12,14H,3-5,8-9H2,1-2H3,(H,19,20). The molecule has 5 nitrogen and oxygen atoms in total. The molecule has 1 heterocycles. The summed E-state index contributed by atoms with van der Waals surface area (Å²) in [6.45, 7) is 1.81. The molecule has 1 fully saturated rings. The minimum absolute atomic E-state index is 0.235. The van der Waals surface area contributed by atoms with Crippen molar-refractivity contribution in [2.75, 3.05) is 7.11 Å². The van der Waals surface area contributed by atoms with E-state index in [1.54, 1.807) is 7.11 Å². The van der Waals surface area contributed by atoms with Gasteiger partial charge < -0.3 is 19.2 Å². The molecule has 1 aliphatic rings. The van der Waals surface area contributed by atoms with E-state index in [0.717, 1.165) is 18.2 Å². The van der Waals surface area contributed by atoms with Gasteiger partial charge in [0.05, 0.1) is 7.11 Å². The average Bonchev–Trinajstić information content (AvgIpc) is 3.00. The number of alkyl carbamates (subject to hydrolysis) is 1. The third-order valence-corrected chi connectivity index (χ3v) is 4.36. The van der Waals surface area contributed by atoms with Gasteiger partial charge in [-0.2, -0.15) is 0 Å². The van der Waals surface area contributed by atoms with E-state index >= 15 is 0 Å². The second-order valence-corrected chi connectivity index (χ2v) is 6.05. The number of hydrogen-bond acceptors (Lipinski definition) is 4. The number of hydrogen-bond donors (Lipinski definition) is 1. The lowest BCUT2D eigenvalue weighted by Crippen LogP contribution is -2.36. The maximum absolute atomic E-state index is 12.0. The summed E-state index contributed by atoms with van der Waals surface area (Å²) in [5.41, 5.74) is 0.674. The van der Waals surface area contributed by atoms with Crippen molar-refractivity contribution in [3.63, 3.8) is 0 Å². The highest BCUT2D eigenvalue weighted by atomic mass is 16.6. The summed E-state index contributed by atoms with van der Waals surface area (Å²) in [4.78, 5) is 12.0.